The first-order valence-corrected chi connectivity index (χ1v) is 4.56. The Morgan fingerprint density at radius 3 is 2.43 bits per heavy atom. The lowest BCUT2D eigenvalue weighted by Gasteiger charge is -2.16. The second-order valence-electron chi connectivity index (χ2n) is 3.32. The van der Waals surface area contributed by atoms with Crippen LogP contribution in [0.3, 0.4) is 0 Å². The number of esters is 1. The zero-order valence-corrected chi connectivity index (χ0v) is 8.95. The predicted octanol–water partition coefficient (Wildman–Crippen LogP) is 0.892. The van der Waals surface area contributed by atoms with Gasteiger partial charge < -0.3 is 14.6 Å². The molecule has 0 aromatic carbocycles. The Labute approximate surface area is 84.5 Å². The topological polar surface area (TPSA) is 55.8 Å². The fraction of sp³-hybridized carbons (Fsp3) is 0.700. The molecule has 2 unspecified atom stereocenters. The molecular weight excluding hydrogens is 184 g/mol. The van der Waals surface area contributed by atoms with Gasteiger partial charge in [-0.3, -0.25) is 0 Å². The fourth-order valence-corrected chi connectivity index (χ4v) is 0.670. The summed E-state index contributed by atoms with van der Waals surface area (Å²) in [6, 6.07) is 0. The Balaban J connectivity index is 3.70. The maximum Gasteiger partial charge on any atom is 0.333 e. The summed E-state index contributed by atoms with van der Waals surface area (Å²) in [7, 11) is 0. The van der Waals surface area contributed by atoms with Crippen LogP contribution >= 0.6 is 0 Å². The van der Waals surface area contributed by atoms with Gasteiger partial charge in [-0.2, -0.15) is 0 Å². The van der Waals surface area contributed by atoms with E-state index in [1.165, 1.54) is 0 Å². The maximum absolute atomic E-state index is 11.0. The minimum absolute atomic E-state index is 0.0405. The van der Waals surface area contributed by atoms with E-state index in [9.17, 15) is 4.79 Å². The maximum atomic E-state index is 11.0. The lowest BCUT2D eigenvalue weighted by atomic mass is 10.3. The van der Waals surface area contributed by atoms with E-state index in [1.54, 1.807) is 20.8 Å². The van der Waals surface area contributed by atoms with Crippen LogP contribution in [0.25, 0.3) is 0 Å². The number of carbonyl (C=O) groups excluding carboxylic acids is 1. The van der Waals surface area contributed by atoms with Gasteiger partial charge in [0.25, 0.3) is 0 Å². The Morgan fingerprint density at radius 2 is 2.00 bits per heavy atom. The zero-order chi connectivity index (χ0) is 11.1. The van der Waals surface area contributed by atoms with E-state index < -0.39 is 5.97 Å². The van der Waals surface area contributed by atoms with Crippen LogP contribution in [0.1, 0.15) is 20.8 Å². The van der Waals surface area contributed by atoms with Crippen molar-refractivity contribution in [2.24, 2.45) is 0 Å². The molecule has 4 heteroatoms. The third-order valence-electron chi connectivity index (χ3n) is 1.53. The van der Waals surface area contributed by atoms with Gasteiger partial charge in [0.2, 0.25) is 0 Å². The van der Waals surface area contributed by atoms with Gasteiger partial charge in [0.1, 0.15) is 6.10 Å². The Kier molecular flexibility index (Phi) is 6.16. The number of carbonyl (C=O) groups is 1. The third kappa shape index (κ3) is 5.72. The van der Waals surface area contributed by atoms with Crippen molar-refractivity contribution in [3.63, 3.8) is 0 Å². The molecular formula is C10H18O4. The molecule has 1 N–H and O–H groups in total. The quantitative estimate of drug-likeness (QED) is 0.513. The first kappa shape index (κ1) is 13.1. The normalized spacial score (nSPS) is 14.6. The highest BCUT2D eigenvalue weighted by Gasteiger charge is 2.11. The van der Waals surface area contributed by atoms with Crippen LogP contribution in [0.4, 0.5) is 0 Å². The monoisotopic (exact) mass is 202 g/mol. The summed E-state index contributed by atoms with van der Waals surface area (Å²) in [5.74, 6) is -0.419. The fourth-order valence-electron chi connectivity index (χ4n) is 0.670. The summed E-state index contributed by atoms with van der Waals surface area (Å²) in [5, 5.41) is 8.67. The van der Waals surface area contributed by atoms with Gasteiger partial charge in [0.05, 0.1) is 19.3 Å². The molecule has 0 heterocycles. The number of rotatable bonds is 6. The Morgan fingerprint density at radius 1 is 1.43 bits per heavy atom. The Hall–Kier alpha value is -0.870. The molecule has 14 heavy (non-hydrogen) atoms. The molecule has 2 atom stereocenters. The van der Waals surface area contributed by atoms with E-state index >= 15 is 0 Å². The van der Waals surface area contributed by atoms with E-state index in [2.05, 4.69) is 6.58 Å². The van der Waals surface area contributed by atoms with Gasteiger partial charge in [-0.05, 0) is 20.8 Å². The average Bonchev–Trinajstić information content (AvgIpc) is 2.13. The van der Waals surface area contributed by atoms with E-state index in [-0.39, 0.29) is 25.4 Å². The molecule has 0 radical (unpaired) electrons. The number of hydrogen-bond acceptors (Lipinski definition) is 4. The summed E-state index contributed by atoms with van der Waals surface area (Å²) in [4.78, 5) is 11.0. The number of ether oxygens (including phenoxy) is 2. The van der Waals surface area contributed by atoms with Crippen molar-refractivity contribution >= 4 is 5.97 Å². The lowest BCUT2D eigenvalue weighted by Crippen LogP contribution is -2.24. The second-order valence-corrected chi connectivity index (χ2v) is 3.32. The van der Waals surface area contributed by atoms with E-state index in [0.717, 1.165) is 0 Å². The molecule has 0 bridgehead atoms. The summed E-state index contributed by atoms with van der Waals surface area (Å²) in [6.07, 6.45) is -0.561. The van der Waals surface area contributed by atoms with Crippen LogP contribution in [0.2, 0.25) is 0 Å². The minimum atomic E-state index is -0.419. The molecule has 0 aliphatic rings. The first-order valence-electron chi connectivity index (χ1n) is 4.56. The highest BCUT2D eigenvalue weighted by molar-refractivity contribution is 5.87. The van der Waals surface area contributed by atoms with Crippen molar-refractivity contribution in [2.75, 3.05) is 13.2 Å². The highest BCUT2D eigenvalue weighted by atomic mass is 16.6. The molecule has 0 amide bonds. The molecule has 0 fully saturated rings. The molecule has 0 saturated heterocycles. The van der Waals surface area contributed by atoms with E-state index in [4.69, 9.17) is 14.6 Å². The van der Waals surface area contributed by atoms with Crippen molar-refractivity contribution in [1.29, 1.82) is 0 Å². The summed E-state index contributed by atoms with van der Waals surface area (Å²) in [6.45, 7) is 8.76. The largest absolute Gasteiger partial charge is 0.457 e. The Bertz CT molecular complexity index is 200. The van der Waals surface area contributed by atoms with Gasteiger partial charge in [0.15, 0.2) is 0 Å². The summed E-state index contributed by atoms with van der Waals surface area (Å²) < 4.78 is 10.1. The van der Waals surface area contributed by atoms with Crippen molar-refractivity contribution in [3.8, 4) is 0 Å². The lowest BCUT2D eigenvalue weighted by molar-refractivity contribution is -0.147. The standard InChI is InChI=1S/C10H18O4/c1-7(2)10(12)14-9(4)6-13-8(3)5-11/h8-9,11H,1,5-6H2,2-4H3. The minimum Gasteiger partial charge on any atom is -0.457 e. The van der Waals surface area contributed by atoms with E-state index in [0.29, 0.717) is 5.57 Å². The van der Waals surface area contributed by atoms with Gasteiger partial charge >= 0.3 is 5.97 Å². The molecule has 4 nitrogen and oxygen atoms in total. The van der Waals surface area contributed by atoms with Gasteiger partial charge in [0, 0.05) is 5.57 Å². The van der Waals surface area contributed by atoms with Gasteiger partial charge in [-0.25, -0.2) is 4.79 Å². The summed E-state index contributed by atoms with van der Waals surface area (Å²) in [5.41, 5.74) is 0.368. The molecule has 0 aromatic heterocycles. The second kappa shape index (κ2) is 6.56. The van der Waals surface area contributed by atoms with Crippen molar-refractivity contribution < 1.29 is 19.4 Å². The smallest absolute Gasteiger partial charge is 0.333 e. The molecule has 82 valence electrons. The van der Waals surface area contributed by atoms with E-state index in [1.807, 2.05) is 0 Å². The van der Waals surface area contributed by atoms with Crippen LogP contribution in [-0.2, 0) is 14.3 Å². The van der Waals surface area contributed by atoms with Gasteiger partial charge in [-0.1, -0.05) is 6.58 Å². The SMILES string of the molecule is C=C(C)C(=O)OC(C)COC(C)CO. The average molecular weight is 202 g/mol. The molecule has 0 aromatic rings. The van der Waals surface area contributed by atoms with Crippen molar-refractivity contribution in [3.05, 3.63) is 12.2 Å². The van der Waals surface area contributed by atoms with Crippen LogP contribution in [-0.4, -0.2) is 36.5 Å². The molecule has 0 spiro atoms. The van der Waals surface area contributed by atoms with Crippen LogP contribution in [0.5, 0.6) is 0 Å². The first-order chi connectivity index (χ1) is 6.47. The molecule has 0 rings (SSSR count). The highest BCUT2D eigenvalue weighted by Crippen LogP contribution is 2.00. The predicted molar refractivity (Wildman–Crippen MR) is 52.9 cm³/mol. The molecule has 0 aliphatic carbocycles. The molecule has 0 saturated carbocycles. The van der Waals surface area contributed by atoms with Crippen LogP contribution in [0.15, 0.2) is 12.2 Å². The summed E-state index contributed by atoms with van der Waals surface area (Å²) >= 11 is 0. The number of aliphatic hydroxyl groups is 1. The molecule has 0 aliphatic heterocycles. The van der Waals surface area contributed by atoms with Crippen molar-refractivity contribution in [1.82, 2.24) is 0 Å². The zero-order valence-electron chi connectivity index (χ0n) is 8.95. The van der Waals surface area contributed by atoms with Gasteiger partial charge in [-0.15, -0.1) is 0 Å². The third-order valence-corrected chi connectivity index (χ3v) is 1.53. The van der Waals surface area contributed by atoms with Crippen LogP contribution < -0.4 is 0 Å². The number of aliphatic hydroxyl groups excluding tert-OH is 1. The van der Waals surface area contributed by atoms with Crippen LogP contribution in [0, 0.1) is 0 Å². The van der Waals surface area contributed by atoms with Crippen molar-refractivity contribution in [2.45, 2.75) is 33.0 Å². The number of hydrogen-bond donors (Lipinski definition) is 1.